The van der Waals surface area contributed by atoms with Crippen LogP contribution in [0.3, 0.4) is 0 Å². The van der Waals surface area contributed by atoms with E-state index in [-0.39, 0.29) is 12.5 Å². The molecule has 0 heterocycles. The van der Waals surface area contributed by atoms with Gasteiger partial charge in [-0.3, -0.25) is 14.5 Å². The third kappa shape index (κ3) is 2.85. The van der Waals surface area contributed by atoms with Crippen molar-refractivity contribution in [2.45, 2.75) is 13.5 Å². The third-order valence-corrected chi connectivity index (χ3v) is 1.98. The van der Waals surface area contributed by atoms with Gasteiger partial charge in [0, 0.05) is 6.92 Å². The fourth-order valence-corrected chi connectivity index (χ4v) is 1.24. The van der Waals surface area contributed by atoms with Crippen LogP contribution in [0.4, 0.5) is 4.79 Å². The minimum Gasteiger partial charge on any atom is -0.275 e. The Hall–Kier alpha value is -1.35. The molecular weight excluding hydrogens is 202 g/mol. The van der Waals surface area contributed by atoms with Gasteiger partial charge in [-0.2, -0.15) is 0 Å². The number of imide groups is 1. The molecule has 3 nitrogen and oxygen atoms in total. The molecule has 0 aromatic heterocycles. The van der Waals surface area contributed by atoms with Gasteiger partial charge in [0.05, 0.1) is 6.54 Å². The molecule has 1 aromatic rings. The van der Waals surface area contributed by atoms with Gasteiger partial charge in [-0.05, 0) is 17.2 Å². The van der Waals surface area contributed by atoms with Gasteiger partial charge in [-0.25, -0.2) is 0 Å². The van der Waals surface area contributed by atoms with E-state index in [4.69, 9.17) is 11.6 Å². The molecule has 1 rings (SSSR count). The van der Waals surface area contributed by atoms with Crippen molar-refractivity contribution in [3.05, 3.63) is 35.9 Å². The summed E-state index contributed by atoms with van der Waals surface area (Å²) in [5.41, 5.74) is 0.872. The highest BCUT2D eigenvalue weighted by Gasteiger charge is 2.15. The first-order valence-electron chi connectivity index (χ1n) is 4.12. The van der Waals surface area contributed by atoms with E-state index in [0.717, 1.165) is 10.5 Å². The van der Waals surface area contributed by atoms with E-state index in [9.17, 15) is 9.59 Å². The quantitative estimate of drug-likeness (QED) is 0.557. The van der Waals surface area contributed by atoms with Crippen LogP contribution in [0.2, 0.25) is 0 Å². The second kappa shape index (κ2) is 4.77. The highest BCUT2D eigenvalue weighted by molar-refractivity contribution is 6.63. The highest BCUT2D eigenvalue weighted by atomic mass is 35.5. The zero-order valence-corrected chi connectivity index (χ0v) is 8.49. The maximum absolute atomic E-state index is 11.0. The molecule has 4 heteroatoms. The van der Waals surface area contributed by atoms with E-state index in [1.807, 2.05) is 30.3 Å². The van der Waals surface area contributed by atoms with E-state index in [1.54, 1.807) is 0 Å². The normalized spacial score (nSPS) is 9.57. The number of amides is 2. The first-order chi connectivity index (χ1) is 6.61. The Kier molecular flexibility index (Phi) is 3.65. The molecule has 0 radical (unpaired) electrons. The van der Waals surface area contributed by atoms with E-state index >= 15 is 0 Å². The molecule has 0 aliphatic heterocycles. The SMILES string of the molecule is CC(=O)N(Cc1ccccc1)C(=O)Cl. The van der Waals surface area contributed by atoms with Crippen molar-refractivity contribution in [1.82, 2.24) is 4.90 Å². The van der Waals surface area contributed by atoms with Crippen LogP contribution >= 0.6 is 11.6 Å². The van der Waals surface area contributed by atoms with Crippen molar-refractivity contribution < 1.29 is 9.59 Å². The van der Waals surface area contributed by atoms with Crippen molar-refractivity contribution in [3.8, 4) is 0 Å². The lowest BCUT2D eigenvalue weighted by molar-refractivity contribution is -0.126. The molecule has 1 aromatic carbocycles. The van der Waals surface area contributed by atoms with E-state index < -0.39 is 5.37 Å². The molecule has 0 atom stereocenters. The predicted octanol–water partition coefficient (Wildman–Crippen LogP) is 2.39. The summed E-state index contributed by atoms with van der Waals surface area (Å²) >= 11 is 5.25. The zero-order valence-electron chi connectivity index (χ0n) is 7.74. The standard InChI is InChI=1S/C10H10ClNO2/c1-8(13)12(10(11)14)7-9-5-3-2-4-6-9/h2-6H,7H2,1H3. The Bertz CT molecular complexity index is 323. The number of benzene rings is 1. The lowest BCUT2D eigenvalue weighted by Crippen LogP contribution is -2.30. The molecule has 0 fully saturated rings. The molecule has 0 spiro atoms. The van der Waals surface area contributed by atoms with E-state index in [1.165, 1.54) is 6.92 Å². The minimum atomic E-state index is -0.749. The maximum Gasteiger partial charge on any atom is 0.323 e. The lowest BCUT2D eigenvalue weighted by Gasteiger charge is -2.15. The van der Waals surface area contributed by atoms with E-state index in [0.29, 0.717) is 0 Å². The van der Waals surface area contributed by atoms with E-state index in [2.05, 4.69) is 0 Å². The monoisotopic (exact) mass is 211 g/mol. The zero-order chi connectivity index (χ0) is 10.6. The second-order valence-electron chi connectivity index (χ2n) is 2.84. The van der Waals surface area contributed by atoms with Gasteiger partial charge in [-0.1, -0.05) is 30.3 Å². The smallest absolute Gasteiger partial charge is 0.275 e. The Morgan fingerprint density at radius 1 is 1.29 bits per heavy atom. The Morgan fingerprint density at radius 2 is 1.86 bits per heavy atom. The number of halogens is 1. The summed E-state index contributed by atoms with van der Waals surface area (Å²) in [4.78, 5) is 22.9. The first-order valence-corrected chi connectivity index (χ1v) is 4.50. The fourth-order valence-electron chi connectivity index (χ4n) is 1.06. The summed E-state index contributed by atoms with van der Waals surface area (Å²) in [5, 5.41) is -0.749. The number of nitrogens with zero attached hydrogens (tertiary/aromatic N) is 1. The van der Waals surface area contributed by atoms with Crippen LogP contribution < -0.4 is 0 Å². The van der Waals surface area contributed by atoms with Crippen LogP contribution in [0.1, 0.15) is 12.5 Å². The van der Waals surface area contributed by atoms with Crippen LogP contribution in [0.5, 0.6) is 0 Å². The molecule has 0 N–H and O–H groups in total. The molecule has 0 bridgehead atoms. The summed E-state index contributed by atoms with van der Waals surface area (Å²) < 4.78 is 0. The van der Waals surface area contributed by atoms with Crippen molar-refractivity contribution >= 4 is 22.9 Å². The second-order valence-corrected chi connectivity index (χ2v) is 3.17. The molecule has 14 heavy (non-hydrogen) atoms. The Labute approximate surface area is 87.3 Å². The highest BCUT2D eigenvalue weighted by Crippen LogP contribution is 2.07. The molecule has 0 aliphatic rings. The summed E-state index contributed by atoms with van der Waals surface area (Å²) in [6.45, 7) is 1.53. The maximum atomic E-state index is 11.0. The predicted molar refractivity (Wildman–Crippen MR) is 53.9 cm³/mol. The molecule has 0 saturated carbocycles. The van der Waals surface area contributed by atoms with Crippen LogP contribution in [0.15, 0.2) is 30.3 Å². The van der Waals surface area contributed by atoms with Crippen LogP contribution in [0.25, 0.3) is 0 Å². The first kappa shape index (κ1) is 10.7. The number of hydrogen-bond donors (Lipinski definition) is 0. The third-order valence-electron chi connectivity index (χ3n) is 1.78. The topological polar surface area (TPSA) is 37.4 Å². The van der Waals surface area contributed by atoms with Crippen molar-refractivity contribution in [1.29, 1.82) is 0 Å². The molecule has 0 aliphatic carbocycles. The van der Waals surface area contributed by atoms with Gasteiger partial charge in [0.1, 0.15) is 0 Å². The van der Waals surface area contributed by atoms with Crippen LogP contribution in [-0.4, -0.2) is 16.2 Å². The van der Waals surface area contributed by atoms with Gasteiger partial charge in [-0.15, -0.1) is 0 Å². The fraction of sp³-hybridized carbons (Fsp3) is 0.200. The van der Waals surface area contributed by atoms with Gasteiger partial charge in [0.25, 0.3) is 0 Å². The van der Waals surface area contributed by atoms with Crippen molar-refractivity contribution in [2.24, 2.45) is 0 Å². The van der Waals surface area contributed by atoms with Gasteiger partial charge < -0.3 is 0 Å². The average molecular weight is 212 g/mol. The van der Waals surface area contributed by atoms with Crippen molar-refractivity contribution in [2.75, 3.05) is 0 Å². The van der Waals surface area contributed by atoms with Crippen LogP contribution in [0, 0.1) is 0 Å². The van der Waals surface area contributed by atoms with Crippen molar-refractivity contribution in [3.63, 3.8) is 0 Å². The summed E-state index contributed by atoms with van der Waals surface area (Å²) in [7, 11) is 0. The number of carbonyl (C=O) groups excluding carboxylic acids is 2. The number of hydrogen-bond acceptors (Lipinski definition) is 2. The number of rotatable bonds is 2. The molecule has 0 saturated heterocycles. The summed E-state index contributed by atoms with van der Waals surface area (Å²) in [6, 6.07) is 9.20. The molecule has 74 valence electrons. The summed E-state index contributed by atoms with van der Waals surface area (Å²) in [5.74, 6) is -0.353. The van der Waals surface area contributed by atoms with Gasteiger partial charge in [0.15, 0.2) is 0 Å². The molecular formula is C10H10ClNO2. The summed E-state index contributed by atoms with van der Waals surface area (Å²) in [6.07, 6.45) is 0. The minimum absolute atomic E-state index is 0.221. The largest absolute Gasteiger partial charge is 0.323 e. The molecule has 2 amide bonds. The molecule has 0 unspecified atom stereocenters. The Morgan fingerprint density at radius 3 is 2.29 bits per heavy atom. The number of carbonyl (C=O) groups is 2. The van der Waals surface area contributed by atoms with Gasteiger partial charge in [0.2, 0.25) is 5.91 Å². The lowest BCUT2D eigenvalue weighted by atomic mass is 10.2. The Balaban J connectivity index is 2.75. The average Bonchev–Trinajstić information content (AvgIpc) is 2.15. The van der Waals surface area contributed by atoms with Gasteiger partial charge >= 0.3 is 5.37 Å². The van der Waals surface area contributed by atoms with Crippen LogP contribution in [-0.2, 0) is 11.3 Å².